The number of hydrogen-bond donors (Lipinski definition) is 2. The smallest absolute Gasteiger partial charge is 0.308 e. The Kier molecular flexibility index (Phi) is 1.75. The number of hydrogen-bond acceptors (Lipinski definition) is 5. The molecule has 0 aromatic carbocycles. The molecule has 2 aromatic rings. The van der Waals surface area contributed by atoms with E-state index in [4.69, 9.17) is 5.84 Å². The van der Waals surface area contributed by atoms with Crippen LogP contribution in [0.15, 0.2) is 18.3 Å². The van der Waals surface area contributed by atoms with Crippen molar-refractivity contribution in [1.82, 2.24) is 15.0 Å². The largest absolute Gasteiger partial charge is 0.312 e. The molecule has 0 saturated heterocycles. The summed E-state index contributed by atoms with van der Waals surface area (Å²) in [5, 5.41) is 0.589. The molecule has 0 aliphatic carbocycles. The third kappa shape index (κ3) is 1.27. The van der Waals surface area contributed by atoms with E-state index in [1.54, 1.807) is 12.1 Å². The Morgan fingerprint density at radius 3 is 3.00 bits per heavy atom. The number of fused-ring (bicyclic) bond motifs is 1. The summed E-state index contributed by atoms with van der Waals surface area (Å²) in [6.07, 6.45) is 0.675. The Balaban J connectivity index is 2.81. The zero-order valence-electron chi connectivity index (χ0n) is 6.53. The van der Waals surface area contributed by atoms with E-state index in [1.807, 2.05) is 0 Å². The molecule has 0 aliphatic rings. The monoisotopic (exact) mass is 179 g/mol. The SMILES string of the molecule is NNc1nc(F)nc2ncccc12. The molecule has 0 radical (unpaired) electrons. The maximum atomic E-state index is 12.7. The Bertz CT molecular complexity index is 444. The van der Waals surface area contributed by atoms with Gasteiger partial charge in [0.1, 0.15) is 0 Å². The summed E-state index contributed by atoms with van der Waals surface area (Å²) in [6, 6.07) is 3.40. The van der Waals surface area contributed by atoms with Gasteiger partial charge in [-0.05, 0) is 12.1 Å². The van der Waals surface area contributed by atoms with Crippen LogP contribution < -0.4 is 11.3 Å². The molecule has 2 rings (SSSR count). The van der Waals surface area contributed by atoms with Gasteiger partial charge in [0, 0.05) is 6.20 Å². The van der Waals surface area contributed by atoms with Gasteiger partial charge in [-0.25, -0.2) is 10.8 Å². The van der Waals surface area contributed by atoms with Gasteiger partial charge in [-0.1, -0.05) is 0 Å². The predicted octanol–water partition coefficient (Wildman–Crippen LogP) is 0.449. The fraction of sp³-hybridized carbons (Fsp3) is 0. The number of nitrogens with one attached hydrogen (secondary N) is 1. The number of nitrogen functional groups attached to an aromatic ring is 1. The molecule has 0 amide bonds. The first-order chi connectivity index (χ1) is 6.31. The van der Waals surface area contributed by atoms with E-state index in [0.717, 1.165) is 0 Å². The van der Waals surface area contributed by atoms with Gasteiger partial charge >= 0.3 is 6.08 Å². The van der Waals surface area contributed by atoms with Crippen molar-refractivity contribution in [3.8, 4) is 0 Å². The zero-order valence-corrected chi connectivity index (χ0v) is 6.53. The first-order valence-electron chi connectivity index (χ1n) is 3.56. The fourth-order valence-electron chi connectivity index (χ4n) is 1.05. The van der Waals surface area contributed by atoms with Crippen LogP contribution in [0.1, 0.15) is 0 Å². The second-order valence-electron chi connectivity index (χ2n) is 2.36. The van der Waals surface area contributed by atoms with E-state index in [-0.39, 0.29) is 11.5 Å². The predicted molar refractivity (Wildman–Crippen MR) is 45.1 cm³/mol. The number of halogens is 1. The fourth-order valence-corrected chi connectivity index (χ4v) is 1.05. The molecule has 5 nitrogen and oxygen atoms in total. The van der Waals surface area contributed by atoms with Gasteiger partial charge in [-0.2, -0.15) is 14.4 Å². The van der Waals surface area contributed by atoms with Crippen molar-refractivity contribution in [3.05, 3.63) is 24.4 Å². The van der Waals surface area contributed by atoms with Crippen LogP contribution >= 0.6 is 0 Å². The lowest BCUT2D eigenvalue weighted by atomic mass is 10.3. The molecule has 0 atom stereocenters. The van der Waals surface area contributed by atoms with E-state index in [2.05, 4.69) is 20.4 Å². The lowest BCUT2D eigenvalue weighted by molar-refractivity contribution is 0.545. The summed E-state index contributed by atoms with van der Waals surface area (Å²) in [6.45, 7) is 0. The number of rotatable bonds is 1. The average Bonchev–Trinajstić information content (AvgIpc) is 2.16. The minimum atomic E-state index is -0.848. The number of nitrogens with zero attached hydrogens (tertiary/aromatic N) is 3. The van der Waals surface area contributed by atoms with Crippen LogP contribution in [0.4, 0.5) is 10.2 Å². The first-order valence-corrected chi connectivity index (χ1v) is 3.56. The van der Waals surface area contributed by atoms with Crippen molar-refractivity contribution in [1.29, 1.82) is 0 Å². The summed E-state index contributed by atoms with van der Waals surface area (Å²) in [5.74, 6) is 5.38. The minimum absolute atomic E-state index is 0.232. The summed E-state index contributed by atoms with van der Waals surface area (Å²) >= 11 is 0. The molecule has 2 aromatic heterocycles. The molecule has 3 N–H and O–H groups in total. The number of anilines is 1. The van der Waals surface area contributed by atoms with E-state index in [1.165, 1.54) is 6.20 Å². The minimum Gasteiger partial charge on any atom is -0.308 e. The quantitative estimate of drug-likeness (QED) is 0.377. The van der Waals surface area contributed by atoms with Crippen LogP contribution in [0.2, 0.25) is 0 Å². The van der Waals surface area contributed by atoms with Gasteiger partial charge in [0.15, 0.2) is 11.5 Å². The van der Waals surface area contributed by atoms with Gasteiger partial charge < -0.3 is 5.43 Å². The highest BCUT2D eigenvalue weighted by Crippen LogP contribution is 2.16. The number of nitrogens with two attached hydrogens (primary N) is 1. The van der Waals surface area contributed by atoms with E-state index < -0.39 is 6.08 Å². The Morgan fingerprint density at radius 2 is 2.23 bits per heavy atom. The van der Waals surface area contributed by atoms with Crippen LogP contribution in [-0.4, -0.2) is 15.0 Å². The Labute approximate surface area is 72.8 Å². The molecule has 0 aliphatic heterocycles. The molecule has 0 saturated carbocycles. The normalized spacial score (nSPS) is 10.3. The average molecular weight is 179 g/mol. The lowest BCUT2D eigenvalue weighted by Gasteiger charge is -2.02. The summed E-state index contributed by atoms with van der Waals surface area (Å²) in [7, 11) is 0. The molecule has 13 heavy (non-hydrogen) atoms. The molecule has 0 unspecified atom stereocenters. The molecule has 0 spiro atoms. The first kappa shape index (κ1) is 7.81. The summed E-state index contributed by atoms with van der Waals surface area (Å²) in [5.41, 5.74) is 2.56. The van der Waals surface area contributed by atoms with E-state index in [0.29, 0.717) is 5.39 Å². The molecule has 2 heterocycles. The van der Waals surface area contributed by atoms with Crippen LogP contribution in [-0.2, 0) is 0 Å². The van der Waals surface area contributed by atoms with Crippen LogP contribution in [0.3, 0.4) is 0 Å². The highest BCUT2D eigenvalue weighted by molar-refractivity contribution is 5.85. The Morgan fingerprint density at radius 1 is 1.38 bits per heavy atom. The Hall–Kier alpha value is -1.82. The van der Waals surface area contributed by atoms with Gasteiger partial charge in [0.2, 0.25) is 0 Å². The summed E-state index contributed by atoms with van der Waals surface area (Å²) < 4.78 is 12.7. The summed E-state index contributed by atoms with van der Waals surface area (Å²) in [4.78, 5) is 10.8. The van der Waals surface area contributed by atoms with E-state index in [9.17, 15) is 4.39 Å². The molecular formula is C7H6FN5. The molecule has 0 bridgehead atoms. The maximum absolute atomic E-state index is 12.7. The highest BCUT2D eigenvalue weighted by atomic mass is 19.1. The van der Waals surface area contributed by atoms with Gasteiger partial charge in [-0.15, -0.1) is 0 Å². The van der Waals surface area contributed by atoms with Gasteiger partial charge in [0.25, 0.3) is 0 Å². The van der Waals surface area contributed by atoms with E-state index >= 15 is 0 Å². The van der Waals surface area contributed by atoms with Crippen LogP contribution in [0, 0.1) is 6.08 Å². The number of hydrazine groups is 1. The van der Waals surface area contributed by atoms with Gasteiger partial charge in [-0.3, -0.25) is 0 Å². The number of pyridine rings is 1. The maximum Gasteiger partial charge on any atom is 0.312 e. The standard InChI is InChI=1S/C7H6FN5/c8-7-11-5-4(2-1-3-10-5)6(12-7)13-9/h1-3H,9H2,(H,10,11,12,13). The number of aromatic nitrogens is 3. The second-order valence-corrected chi connectivity index (χ2v) is 2.36. The highest BCUT2D eigenvalue weighted by Gasteiger charge is 2.05. The lowest BCUT2D eigenvalue weighted by Crippen LogP contribution is -2.10. The molecule has 6 heteroatoms. The topological polar surface area (TPSA) is 76.7 Å². The van der Waals surface area contributed by atoms with Crippen molar-refractivity contribution < 1.29 is 4.39 Å². The second kappa shape index (κ2) is 2.91. The van der Waals surface area contributed by atoms with Crippen molar-refractivity contribution in [3.63, 3.8) is 0 Å². The van der Waals surface area contributed by atoms with Crippen molar-refractivity contribution in [2.24, 2.45) is 5.84 Å². The van der Waals surface area contributed by atoms with Crippen molar-refractivity contribution in [2.75, 3.05) is 5.43 Å². The van der Waals surface area contributed by atoms with Gasteiger partial charge in [0.05, 0.1) is 5.39 Å². The van der Waals surface area contributed by atoms with Crippen LogP contribution in [0.5, 0.6) is 0 Å². The van der Waals surface area contributed by atoms with Crippen LogP contribution in [0.25, 0.3) is 11.0 Å². The third-order valence-corrected chi connectivity index (χ3v) is 1.58. The van der Waals surface area contributed by atoms with Crippen molar-refractivity contribution >= 4 is 16.9 Å². The zero-order chi connectivity index (χ0) is 9.26. The molecule has 66 valence electrons. The third-order valence-electron chi connectivity index (χ3n) is 1.58. The van der Waals surface area contributed by atoms with Crippen molar-refractivity contribution in [2.45, 2.75) is 0 Å². The molecular weight excluding hydrogens is 173 g/mol. The molecule has 0 fully saturated rings.